The molecule has 0 fully saturated rings. The molecule has 0 aliphatic carbocycles. The number of aromatic hydroxyl groups is 14. The molecule has 68 heavy (non-hydrogen) atoms. The molecule has 2 aliphatic rings. The van der Waals surface area contributed by atoms with Gasteiger partial charge >= 0.3 is 29.8 Å². The highest BCUT2D eigenvalue weighted by molar-refractivity contribution is 6.10. The van der Waals surface area contributed by atoms with Crippen LogP contribution >= 0.6 is 0 Å². The van der Waals surface area contributed by atoms with Crippen molar-refractivity contribution in [3.05, 3.63) is 58.1 Å². The van der Waals surface area contributed by atoms with Crippen molar-refractivity contribution in [1.82, 2.24) is 0 Å². The molecular formula is C41H30O27. The van der Waals surface area contributed by atoms with Crippen LogP contribution in [0.25, 0.3) is 22.3 Å². The van der Waals surface area contributed by atoms with Gasteiger partial charge in [-0.25, -0.2) is 24.0 Å². The Morgan fingerprint density at radius 3 is 1.34 bits per heavy atom. The second-order valence-corrected chi connectivity index (χ2v) is 14.4. The van der Waals surface area contributed by atoms with E-state index in [9.17, 15) is 111 Å². The van der Waals surface area contributed by atoms with Gasteiger partial charge in [-0.1, -0.05) is 0 Å². The van der Waals surface area contributed by atoms with Crippen molar-refractivity contribution in [2.24, 2.45) is 0 Å². The first-order chi connectivity index (χ1) is 31.9. The van der Waals surface area contributed by atoms with E-state index in [1.165, 1.54) is 0 Å². The summed E-state index contributed by atoms with van der Waals surface area (Å²) in [6.07, 6.45) is -10.2. The van der Waals surface area contributed by atoms with Crippen molar-refractivity contribution in [3.63, 3.8) is 0 Å². The summed E-state index contributed by atoms with van der Waals surface area (Å²) in [4.78, 5) is 68.3. The summed E-state index contributed by atoms with van der Waals surface area (Å²) in [7, 11) is 0. The highest BCUT2D eigenvalue weighted by atomic mass is 16.6. The van der Waals surface area contributed by atoms with Crippen LogP contribution in [-0.2, 0) is 18.9 Å². The standard InChI is InChI=1S/C41H30O27/c42-6-19-36(35-17(47)7-64-38(60)8-1-13(43)24(48)29(53)20(8)21-9(40(62)67-35)2-14(44)25(49)30(21)54)68-41(63)10-3-15(45)26(50)31(55)22(10)23-11(39(61)66-19)5-18(28(52)32(23)56)65-34-12(37(58)59)4-16(46)27(51)33(34)57/h1-5,17,19,35-36,42-57H,6-7H2,(H,58,59)/t17-,19+,35-,36-/m1/s1. The van der Waals surface area contributed by atoms with Gasteiger partial charge in [-0.05, 0) is 18.2 Å². The number of hydrogen-bond donors (Lipinski definition) is 17. The van der Waals surface area contributed by atoms with Gasteiger partial charge in [0, 0.05) is 34.4 Å². The number of fused-ring (bicyclic) bond motifs is 6. The van der Waals surface area contributed by atoms with Gasteiger partial charge in [0.25, 0.3) is 0 Å². The lowest BCUT2D eigenvalue weighted by molar-refractivity contribution is -0.135. The number of carbonyl (C=O) groups excluding carboxylic acids is 4. The molecule has 17 N–H and O–H groups in total. The lowest BCUT2D eigenvalue weighted by Gasteiger charge is -2.35. The molecule has 5 aromatic rings. The Morgan fingerprint density at radius 2 is 0.882 bits per heavy atom. The summed E-state index contributed by atoms with van der Waals surface area (Å²) in [6, 6.07) is 1.90. The quantitative estimate of drug-likeness (QED) is 0.0668. The van der Waals surface area contributed by atoms with Crippen molar-refractivity contribution in [3.8, 4) is 114 Å². The van der Waals surface area contributed by atoms with Crippen LogP contribution in [0.1, 0.15) is 51.8 Å². The summed E-state index contributed by atoms with van der Waals surface area (Å²) in [5.41, 5.74) is -10.2. The lowest BCUT2D eigenvalue weighted by atomic mass is 9.91. The van der Waals surface area contributed by atoms with Gasteiger partial charge < -0.3 is 110 Å². The SMILES string of the molecule is O=C(O)c1cc(O)c(O)c(O)c1Oc1cc2c(c(O)c1O)-c1c(cc(O)c(O)c1O)C(=O)O[C@@H]([C@@H]1OC(=O)c3cc(O)c(O)c(O)c3-c3c(cc(O)c(O)c3O)C(=O)OC[C@H]1O)[C@H](CO)OC2=O. The van der Waals surface area contributed by atoms with Crippen LogP contribution in [0.15, 0.2) is 30.3 Å². The van der Waals surface area contributed by atoms with Crippen LogP contribution in [0.3, 0.4) is 0 Å². The van der Waals surface area contributed by atoms with E-state index in [1.54, 1.807) is 0 Å². The number of aromatic carboxylic acids is 1. The Kier molecular flexibility index (Phi) is 11.4. The zero-order valence-corrected chi connectivity index (χ0v) is 33.3. The number of ether oxygens (including phenoxy) is 5. The normalized spacial score (nSPS) is 18.2. The number of phenolic OH excluding ortho intramolecular Hbond substituents is 14. The van der Waals surface area contributed by atoms with Gasteiger partial charge in [0.15, 0.2) is 75.8 Å². The zero-order chi connectivity index (χ0) is 50.1. The maximum Gasteiger partial charge on any atom is 0.339 e. The average Bonchev–Trinajstić information content (AvgIpc) is 3.30. The largest absolute Gasteiger partial charge is 0.504 e. The highest BCUT2D eigenvalue weighted by Gasteiger charge is 2.47. The predicted molar refractivity (Wildman–Crippen MR) is 212 cm³/mol. The summed E-state index contributed by atoms with van der Waals surface area (Å²) in [5, 5.41) is 181. The van der Waals surface area contributed by atoms with E-state index >= 15 is 0 Å². The van der Waals surface area contributed by atoms with Crippen molar-refractivity contribution in [1.29, 1.82) is 0 Å². The van der Waals surface area contributed by atoms with Gasteiger partial charge in [0.1, 0.15) is 18.3 Å². The number of rotatable bonds is 5. The topological polar surface area (TPSA) is 475 Å². The van der Waals surface area contributed by atoms with E-state index in [1.807, 2.05) is 0 Å². The van der Waals surface area contributed by atoms with E-state index in [0.29, 0.717) is 30.3 Å². The maximum absolute atomic E-state index is 14.3. The third kappa shape index (κ3) is 7.35. The third-order valence-corrected chi connectivity index (χ3v) is 10.4. The second-order valence-electron chi connectivity index (χ2n) is 14.4. The number of aliphatic hydroxyl groups excluding tert-OH is 2. The molecule has 0 amide bonds. The van der Waals surface area contributed by atoms with Gasteiger partial charge in [0.2, 0.25) is 34.5 Å². The minimum atomic E-state index is -2.62. The number of carboxylic acid groups (broad SMARTS) is 1. The molecule has 0 aromatic heterocycles. The molecule has 2 heterocycles. The molecule has 0 unspecified atom stereocenters. The highest BCUT2D eigenvalue weighted by Crippen LogP contribution is 2.56. The molecule has 27 nitrogen and oxygen atoms in total. The summed E-state index contributed by atoms with van der Waals surface area (Å²) < 4.78 is 26.7. The molecule has 2 aliphatic heterocycles. The molecule has 0 bridgehead atoms. The van der Waals surface area contributed by atoms with Crippen LogP contribution in [0, 0.1) is 0 Å². The fourth-order valence-electron chi connectivity index (χ4n) is 7.14. The van der Waals surface area contributed by atoms with E-state index in [0.717, 1.165) is 0 Å². The smallest absolute Gasteiger partial charge is 0.339 e. The number of cyclic esters (lactones) is 4. The Morgan fingerprint density at radius 1 is 0.500 bits per heavy atom. The fraction of sp³-hybridized carbons (Fsp3) is 0.146. The predicted octanol–water partition coefficient (Wildman–Crippen LogP) is 1.20. The van der Waals surface area contributed by atoms with Gasteiger partial charge in [-0.2, -0.15) is 0 Å². The van der Waals surface area contributed by atoms with Crippen LogP contribution in [0.5, 0.6) is 92.0 Å². The van der Waals surface area contributed by atoms with Crippen LogP contribution in [0.2, 0.25) is 0 Å². The number of benzene rings is 5. The average molecular weight is 955 g/mol. The molecule has 356 valence electrons. The first kappa shape index (κ1) is 46.4. The third-order valence-electron chi connectivity index (χ3n) is 10.4. The van der Waals surface area contributed by atoms with E-state index in [2.05, 4.69) is 0 Å². The molecule has 0 saturated carbocycles. The Labute approximate surface area is 374 Å². The van der Waals surface area contributed by atoms with E-state index < -0.39 is 210 Å². The zero-order valence-electron chi connectivity index (χ0n) is 33.3. The number of carboxylic acids is 1. The Hall–Kier alpha value is -9.63. The number of esters is 4. The van der Waals surface area contributed by atoms with Gasteiger partial charge in [-0.15, -0.1) is 0 Å². The van der Waals surface area contributed by atoms with Crippen molar-refractivity contribution in [2.45, 2.75) is 24.4 Å². The molecule has 27 heteroatoms. The molecule has 0 radical (unpaired) electrons. The van der Waals surface area contributed by atoms with Crippen LogP contribution in [0.4, 0.5) is 0 Å². The number of aliphatic hydroxyl groups is 2. The molecule has 7 rings (SSSR count). The van der Waals surface area contributed by atoms with Crippen LogP contribution < -0.4 is 4.74 Å². The summed E-state index contributed by atoms with van der Waals surface area (Å²) in [6.45, 7) is -2.91. The first-order valence-corrected chi connectivity index (χ1v) is 18.6. The number of hydrogen-bond acceptors (Lipinski definition) is 26. The fourth-order valence-corrected chi connectivity index (χ4v) is 7.14. The molecule has 5 aromatic carbocycles. The molecule has 0 saturated heterocycles. The lowest BCUT2D eigenvalue weighted by Crippen LogP contribution is -2.53. The first-order valence-electron chi connectivity index (χ1n) is 18.6. The van der Waals surface area contributed by atoms with Crippen molar-refractivity contribution >= 4 is 29.8 Å². The minimum Gasteiger partial charge on any atom is -0.504 e. The van der Waals surface area contributed by atoms with Gasteiger partial charge in [-0.3, -0.25) is 0 Å². The molecule has 4 atom stereocenters. The van der Waals surface area contributed by atoms with Gasteiger partial charge in [0.05, 0.1) is 28.9 Å². The summed E-state index contributed by atoms with van der Waals surface area (Å²) >= 11 is 0. The summed E-state index contributed by atoms with van der Waals surface area (Å²) in [5.74, 6) is -31.4. The van der Waals surface area contributed by atoms with Crippen LogP contribution in [-0.4, -0.2) is 154 Å². The van der Waals surface area contributed by atoms with E-state index in [4.69, 9.17) is 23.7 Å². The Bertz CT molecular complexity index is 3050. The van der Waals surface area contributed by atoms with E-state index in [-0.39, 0.29) is 0 Å². The second kappa shape index (κ2) is 16.7. The Balaban J connectivity index is 1.44. The number of phenols is 14. The monoisotopic (exact) mass is 954 g/mol. The maximum atomic E-state index is 14.3. The molecular weight excluding hydrogens is 924 g/mol. The van der Waals surface area contributed by atoms with Crippen molar-refractivity contribution < 1.29 is 134 Å². The van der Waals surface area contributed by atoms with Crippen molar-refractivity contribution in [2.75, 3.05) is 13.2 Å². The molecule has 0 spiro atoms. The minimum absolute atomic E-state index is 0.344. The number of carbonyl (C=O) groups is 5.